The van der Waals surface area contributed by atoms with Crippen molar-refractivity contribution in [2.45, 2.75) is 63.9 Å². The first kappa shape index (κ1) is 31.4. The molecule has 2 aliphatic heterocycles. The highest BCUT2D eigenvalue weighted by Crippen LogP contribution is 2.23. The fraction of sp³-hybridized carbons (Fsp3) is 0.438. The van der Waals surface area contributed by atoms with Crippen molar-refractivity contribution in [1.29, 1.82) is 0 Å². The van der Waals surface area contributed by atoms with Gasteiger partial charge in [0, 0.05) is 25.7 Å². The minimum Gasteiger partial charge on any atom is -0.491 e. The Kier molecular flexibility index (Phi) is 10.3. The van der Waals surface area contributed by atoms with Gasteiger partial charge in [0.2, 0.25) is 5.91 Å². The summed E-state index contributed by atoms with van der Waals surface area (Å²) in [6.45, 7) is 6.01. The molecule has 43 heavy (non-hydrogen) atoms. The Morgan fingerprint density at radius 1 is 1.00 bits per heavy atom. The van der Waals surface area contributed by atoms with Crippen LogP contribution in [-0.2, 0) is 20.9 Å². The van der Waals surface area contributed by atoms with Gasteiger partial charge in [0.15, 0.2) is 0 Å². The van der Waals surface area contributed by atoms with Crippen molar-refractivity contribution in [2.24, 2.45) is 0 Å². The number of hydrogen-bond acceptors (Lipinski definition) is 7. The molecule has 0 saturated carbocycles. The van der Waals surface area contributed by atoms with Gasteiger partial charge in [-0.1, -0.05) is 48.6 Å². The number of carbonyl (C=O) groups excluding carboxylic acids is 4. The fourth-order valence-corrected chi connectivity index (χ4v) is 4.93. The topological polar surface area (TPSA) is 127 Å². The Balaban J connectivity index is 1.55. The number of fused-ring (bicyclic) bond motifs is 3. The first-order chi connectivity index (χ1) is 20.5. The summed E-state index contributed by atoms with van der Waals surface area (Å²) in [4.78, 5) is 55.5. The van der Waals surface area contributed by atoms with Crippen LogP contribution in [0.15, 0.2) is 66.7 Å². The number of nitrogens with zero attached hydrogens (tertiary/aromatic N) is 2. The zero-order valence-corrected chi connectivity index (χ0v) is 25.1. The third-order valence-corrected chi connectivity index (χ3v) is 7.01. The Bertz CT molecular complexity index is 1320. The van der Waals surface area contributed by atoms with Crippen molar-refractivity contribution >= 4 is 24.0 Å². The number of hydrogen-bond donors (Lipinski definition) is 2. The van der Waals surface area contributed by atoms with Gasteiger partial charge in [0.25, 0.3) is 5.91 Å². The molecule has 1 saturated heterocycles. The van der Waals surface area contributed by atoms with Crippen LogP contribution in [0.4, 0.5) is 9.59 Å². The molecule has 2 N–H and O–H groups in total. The molecular formula is C32H40N4O7. The van der Waals surface area contributed by atoms with E-state index in [0.29, 0.717) is 24.3 Å². The summed E-state index contributed by atoms with van der Waals surface area (Å²) >= 11 is 0. The lowest BCUT2D eigenvalue weighted by molar-refractivity contribution is -0.134. The summed E-state index contributed by atoms with van der Waals surface area (Å²) in [7, 11) is 1.69. The second-order valence-corrected chi connectivity index (χ2v) is 11.7. The standard InChI is InChI=1S/C32H40N4O7/c1-32(2,3)43-31(40)33-24-18-25-21-41-26-14-10-13-23(17-26)28(37)35(4)16-9-8-15-27(29(38)36(25)19-24)34-30(39)42-20-22-11-6-5-7-12-22/h5-14,17,24-25,27H,15-16,18-21H2,1-4H3,(H,33,40)(H,34,39)/b9-8+/t24-,25-,27-/m0/s1. The van der Waals surface area contributed by atoms with E-state index in [1.807, 2.05) is 30.3 Å². The number of benzene rings is 2. The third-order valence-electron chi connectivity index (χ3n) is 7.01. The fourth-order valence-electron chi connectivity index (χ4n) is 4.93. The van der Waals surface area contributed by atoms with E-state index in [1.54, 1.807) is 74.0 Å². The number of nitrogens with one attached hydrogen (secondary N) is 2. The van der Waals surface area contributed by atoms with E-state index < -0.39 is 35.9 Å². The average molecular weight is 593 g/mol. The molecule has 2 heterocycles. The normalized spacial score (nSPS) is 21.9. The van der Waals surface area contributed by atoms with Crippen molar-refractivity contribution in [3.05, 3.63) is 77.9 Å². The molecule has 11 nitrogen and oxygen atoms in total. The predicted octanol–water partition coefficient (Wildman–Crippen LogP) is 3.89. The van der Waals surface area contributed by atoms with Gasteiger partial charge in [0.1, 0.15) is 30.6 Å². The van der Waals surface area contributed by atoms with Crippen molar-refractivity contribution in [1.82, 2.24) is 20.4 Å². The second-order valence-electron chi connectivity index (χ2n) is 11.7. The van der Waals surface area contributed by atoms with Gasteiger partial charge in [-0.25, -0.2) is 9.59 Å². The highest BCUT2D eigenvalue weighted by Gasteiger charge is 2.40. The Hall–Kier alpha value is -4.54. The number of amides is 4. The highest BCUT2D eigenvalue weighted by atomic mass is 16.6. The first-order valence-corrected chi connectivity index (χ1v) is 14.4. The molecule has 0 aromatic heterocycles. The van der Waals surface area contributed by atoms with Crippen molar-refractivity contribution in [2.75, 3.05) is 26.7 Å². The van der Waals surface area contributed by atoms with Gasteiger partial charge in [-0.2, -0.15) is 0 Å². The minimum absolute atomic E-state index is 0.0525. The van der Waals surface area contributed by atoms with Crippen molar-refractivity contribution < 1.29 is 33.4 Å². The molecule has 2 aromatic rings. The molecule has 4 rings (SSSR count). The van der Waals surface area contributed by atoms with Gasteiger partial charge in [0.05, 0.1) is 12.1 Å². The minimum atomic E-state index is -0.950. The van der Waals surface area contributed by atoms with Crippen LogP contribution in [0.5, 0.6) is 5.75 Å². The summed E-state index contributed by atoms with van der Waals surface area (Å²) < 4.78 is 16.9. The summed E-state index contributed by atoms with van der Waals surface area (Å²) in [5.41, 5.74) is 0.617. The molecule has 0 radical (unpaired) electrons. The molecule has 230 valence electrons. The molecule has 0 aliphatic carbocycles. The first-order valence-electron chi connectivity index (χ1n) is 14.4. The predicted molar refractivity (Wildman–Crippen MR) is 159 cm³/mol. The average Bonchev–Trinajstić information content (AvgIpc) is 3.37. The molecule has 3 atom stereocenters. The summed E-state index contributed by atoms with van der Waals surface area (Å²) in [6, 6.07) is 14.4. The van der Waals surface area contributed by atoms with E-state index in [4.69, 9.17) is 14.2 Å². The summed E-state index contributed by atoms with van der Waals surface area (Å²) in [5, 5.41) is 5.58. The van der Waals surface area contributed by atoms with E-state index in [-0.39, 0.29) is 38.0 Å². The van der Waals surface area contributed by atoms with Gasteiger partial charge in [-0.3, -0.25) is 9.59 Å². The van der Waals surface area contributed by atoms with Crippen molar-refractivity contribution in [3.63, 3.8) is 0 Å². The molecule has 2 aliphatic rings. The number of carbonyl (C=O) groups is 4. The summed E-state index contributed by atoms with van der Waals surface area (Å²) in [5.74, 6) is -0.0273. The van der Waals surface area contributed by atoms with Crippen LogP contribution in [0.1, 0.15) is 49.5 Å². The van der Waals surface area contributed by atoms with Crippen molar-refractivity contribution in [3.8, 4) is 5.75 Å². The van der Waals surface area contributed by atoms with Crippen LogP contribution in [0.25, 0.3) is 0 Å². The molecule has 0 unspecified atom stereocenters. The lowest BCUT2D eigenvalue weighted by Gasteiger charge is -2.28. The summed E-state index contributed by atoms with van der Waals surface area (Å²) in [6.07, 6.45) is 2.82. The third kappa shape index (κ3) is 9.22. The monoisotopic (exact) mass is 592 g/mol. The zero-order valence-electron chi connectivity index (χ0n) is 25.1. The van der Waals surface area contributed by atoms with E-state index in [9.17, 15) is 19.2 Å². The molecule has 0 spiro atoms. The van der Waals surface area contributed by atoms with Gasteiger partial charge in [-0.15, -0.1) is 0 Å². The molecule has 2 aromatic carbocycles. The highest BCUT2D eigenvalue weighted by molar-refractivity contribution is 5.94. The lowest BCUT2D eigenvalue weighted by Crippen LogP contribution is -2.51. The Morgan fingerprint density at radius 2 is 1.77 bits per heavy atom. The zero-order chi connectivity index (χ0) is 31.0. The number of rotatable bonds is 4. The quantitative estimate of drug-likeness (QED) is 0.516. The van der Waals surface area contributed by atoms with E-state index in [1.165, 1.54) is 0 Å². The van der Waals surface area contributed by atoms with Crippen LogP contribution >= 0.6 is 0 Å². The number of alkyl carbamates (subject to hydrolysis) is 2. The maximum atomic E-state index is 14.0. The van der Waals surface area contributed by atoms with Gasteiger partial charge >= 0.3 is 12.2 Å². The number of likely N-dealkylation sites (N-methyl/N-ethyl adjacent to an activating group) is 1. The molecular weight excluding hydrogens is 552 g/mol. The maximum Gasteiger partial charge on any atom is 0.408 e. The largest absolute Gasteiger partial charge is 0.491 e. The maximum absolute atomic E-state index is 14.0. The second kappa shape index (κ2) is 14.1. The van der Waals surface area contributed by atoms with E-state index >= 15 is 0 Å². The van der Waals surface area contributed by atoms with Crippen LogP contribution in [-0.4, -0.2) is 84.3 Å². The van der Waals surface area contributed by atoms with Crippen LogP contribution in [0.2, 0.25) is 0 Å². The lowest BCUT2D eigenvalue weighted by atomic mass is 10.1. The smallest absolute Gasteiger partial charge is 0.408 e. The molecule has 4 amide bonds. The van der Waals surface area contributed by atoms with Crippen LogP contribution in [0.3, 0.4) is 0 Å². The van der Waals surface area contributed by atoms with E-state index in [2.05, 4.69) is 10.6 Å². The van der Waals surface area contributed by atoms with Gasteiger partial charge < -0.3 is 34.6 Å². The Labute approximate surface area is 252 Å². The molecule has 11 heteroatoms. The molecule has 1 fully saturated rings. The van der Waals surface area contributed by atoms with E-state index in [0.717, 1.165) is 5.56 Å². The number of ether oxygens (including phenoxy) is 3. The Morgan fingerprint density at radius 3 is 2.51 bits per heavy atom. The van der Waals surface area contributed by atoms with Crippen LogP contribution in [0, 0.1) is 0 Å². The molecule has 2 bridgehead atoms. The van der Waals surface area contributed by atoms with Gasteiger partial charge in [-0.05, 0) is 57.4 Å². The SMILES string of the molecule is CN1C/C=C/C[C@H](NC(=O)OCc2ccccc2)C(=O)N2C[C@@H](NC(=O)OC(C)(C)C)C[C@H]2COc2cccc(c2)C1=O. The van der Waals surface area contributed by atoms with Crippen LogP contribution < -0.4 is 15.4 Å².